The molecule has 1 aromatic heterocycles. The van der Waals surface area contributed by atoms with Crippen LogP contribution in [0.15, 0.2) is 72.8 Å². The molecule has 1 aliphatic rings. The number of fused-ring (bicyclic) bond motifs is 2. The number of halogens is 1. The van der Waals surface area contributed by atoms with Crippen molar-refractivity contribution < 1.29 is 4.79 Å². The van der Waals surface area contributed by atoms with Crippen molar-refractivity contribution in [1.82, 2.24) is 9.88 Å². The average Bonchev–Trinajstić information content (AvgIpc) is 3.15. The number of nitrogens with zero attached hydrogens (tertiary/aromatic N) is 2. The zero-order valence-corrected chi connectivity index (χ0v) is 18.0. The maximum Gasteiger partial charge on any atom is 0.258 e. The minimum absolute atomic E-state index is 0. The molecule has 0 bridgehead atoms. The van der Waals surface area contributed by atoms with Gasteiger partial charge in [-0.05, 0) is 22.4 Å². The number of benzene rings is 3. The summed E-state index contributed by atoms with van der Waals surface area (Å²) in [6, 6.07) is 24.3. The number of carbonyl (C=O) groups excluding carboxylic acids is 1. The van der Waals surface area contributed by atoms with Crippen molar-refractivity contribution in [2.75, 3.05) is 11.9 Å². The number of hydrogen-bond acceptors (Lipinski definition) is 4. The van der Waals surface area contributed by atoms with Gasteiger partial charge in [0.15, 0.2) is 5.13 Å². The van der Waals surface area contributed by atoms with Gasteiger partial charge in [0.25, 0.3) is 5.91 Å². The van der Waals surface area contributed by atoms with Crippen molar-refractivity contribution >= 4 is 45.6 Å². The van der Waals surface area contributed by atoms with E-state index in [9.17, 15) is 4.79 Å². The van der Waals surface area contributed by atoms with Crippen LogP contribution in [-0.4, -0.2) is 22.3 Å². The number of carbonyl (C=O) groups is 1. The molecule has 1 aliphatic heterocycles. The van der Waals surface area contributed by atoms with Gasteiger partial charge in [-0.3, -0.25) is 15.0 Å². The van der Waals surface area contributed by atoms with E-state index in [0.29, 0.717) is 10.7 Å². The van der Waals surface area contributed by atoms with Crippen molar-refractivity contribution in [1.29, 1.82) is 0 Å². The number of nitrogens with one attached hydrogen (secondary N) is 1. The van der Waals surface area contributed by atoms with Gasteiger partial charge < -0.3 is 0 Å². The van der Waals surface area contributed by atoms with Crippen molar-refractivity contribution in [2.45, 2.75) is 19.5 Å². The van der Waals surface area contributed by atoms with E-state index >= 15 is 0 Å². The highest BCUT2D eigenvalue weighted by molar-refractivity contribution is 7.15. The lowest BCUT2D eigenvalue weighted by molar-refractivity contribution is 0.102. The highest BCUT2D eigenvalue weighted by Gasteiger charge is 2.22. The lowest BCUT2D eigenvalue weighted by atomic mass is 10.0. The van der Waals surface area contributed by atoms with E-state index in [1.54, 1.807) is 11.3 Å². The second-order valence-electron chi connectivity index (χ2n) is 7.32. The molecule has 1 N–H and O–H groups in total. The zero-order valence-electron chi connectivity index (χ0n) is 16.4. The number of amides is 1. The molecule has 5 rings (SSSR count). The number of aromatic nitrogens is 1. The van der Waals surface area contributed by atoms with Gasteiger partial charge in [0.05, 0.1) is 5.69 Å². The Morgan fingerprint density at radius 1 is 1.00 bits per heavy atom. The van der Waals surface area contributed by atoms with Crippen molar-refractivity contribution in [3.63, 3.8) is 0 Å². The van der Waals surface area contributed by atoms with E-state index < -0.39 is 0 Å². The quantitative estimate of drug-likeness (QED) is 0.458. The zero-order chi connectivity index (χ0) is 19.6. The predicted molar refractivity (Wildman–Crippen MR) is 126 cm³/mol. The fourth-order valence-corrected chi connectivity index (χ4v) is 4.91. The SMILES string of the molecule is Cl.O=C(Nc1nc2c(s1)CN(Cc1ccccc1)CC2)c1cccc2ccccc12. The molecule has 2 heterocycles. The molecule has 0 aliphatic carbocycles. The van der Waals surface area contributed by atoms with Crippen LogP contribution in [0.4, 0.5) is 5.13 Å². The monoisotopic (exact) mass is 435 g/mol. The first-order chi connectivity index (χ1) is 14.3. The minimum atomic E-state index is -0.103. The van der Waals surface area contributed by atoms with Gasteiger partial charge in [0.1, 0.15) is 0 Å². The Kier molecular flexibility index (Phi) is 6.13. The maximum absolute atomic E-state index is 12.9. The third-order valence-corrected chi connectivity index (χ3v) is 6.31. The summed E-state index contributed by atoms with van der Waals surface area (Å²) in [6.07, 6.45) is 0.919. The first-order valence-corrected chi connectivity index (χ1v) is 10.6. The second-order valence-corrected chi connectivity index (χ2v) is 8.40. The van der Waals surface area contributed by atoms with Gasteiger partial charge in [-0.15, -0.1) is 23.7 Å². The van der Waals surface area contributed by atoms with E-state index in [1.807, 2.05) is 48.5 Å². The highest BCUT2D eigenvalue weighted by atomic mass is 35.5. The van der Waals surface area contributed by atoms with E-state index in [1.165, 1.54) is 10.4 Å². The molecule has 0 unspecified atom stereocenters. The molecule has 0 fully saturated rings. The normalized spacial score (nSPS) is 13.5. The van der Waals surface area contributed by atoms with Crippen molar-refractivity contribution in [2.24, 2.45) is 0 Å². The lowest BCUT2D eigenvalue weighted by Gasteiger charge is -2.25. The van der Waals surface area contributed by atoms with Crippen LogP contribution >= 0.6 is 23.7 Å². The van der Waals surface area contributed by atoms with Crippen LogP contribution in [-0.2, 0) is 19.5 Å². The molecular weight excluding hydrogens is 414 g/mol. The molecule has 30 heavy (non-hydrogen) atoms. The topological polar surface area (TPSA) is 45.2 Å². The summed E-state index contributed by atoms with van der Waals surface area (Å²) in [5.41, 5.74) is 3.12. The van der Waals surface area contributed by atoms with Crippen LogP contribution in [0.5, 0.6) is 0 Å². The van der Waals surface area contributed by atoms with Gasteiger partial charge in [0, 0.05) is 36.5 Å². The smallest absolute Gasteiger partial charge is 0.258 e. The van der Waals surface area contributed by atoms with E-state index in [-0.39, 0.29) is 18.3 Å². The molecule has 4 nitrogen and oxygen atoms in total. The fourth-order valence-electron chi connectivity index (χ4n) is 3.87. The first-order valence-electron chi connectivity index (χ1n) is 9.80. The van der Waals surface area contributed by atoms with E-state index in [4.69, 9.17) is 4.98 Å². The Balaban J connectivity index is 0.00000218. The third-order valence-electron chi connectivity index (χ3n) is 5.31. The summed E-state index contributed by atoms with van der Waals surface area (Å²) in [5.74, 6) is -0.103. The Labute approximate surface area is 186 Å². The van der Waals surface area contributed by atoms with Gasteiger partial charge in [-0.2, -0.15) is 0 Å². The summed E-state index contributed by atoms with van der Waals surface area (Å²) in [4.78, 5) is 21.3. The largest absolute Gasteiger partial charge is 0.298 e. The first kappa shape index (κ1) is 20.5. The van der Waals surface area contributed by atoms with Crippen molar-refractivity contribution in [3.8, 4) is 0 Å². The molecule has 0 spiro atoms. The minimum Gasteiger partial charge on any atom is -0.298 e. The van der Waals surface area contributed by atoms with Gasteiger partial charge >= 0.3 is 0 Å². The average molecular weight is 436 g/mol. The standard InChI is InChI=1S/C24H21N3OS.ClH/c28-23(20-12-6-10-18-9-4-5-11-19(18)20)26-24-25-21-13-14-27(16-22(21)29-24)15-17-7-2-1-3-8-17;/h1-12H,13-16H2,(H,25,26,28);1H. The predicted octanol–water partition coefficient (Wildman–Crippen LogP) is 5.53. The molecule has 1 amide bonds. The summed E-state index contributed by atoms with van der Waals surface area (Å²) < 4.78 is 0. The lowest BCUT2D eigenvalue weighted by Crippen LogP contribution is -2.29. The molecule has 3 aromatic carbocycles. The van der Waals surface area contributed by atoms with Gasteiger partial charge in [-0.1, -0.05) is 66.7 Å². The summed E-state index contributed by atoms with van der Waals surface area (Å²) in [6.45, 7) is 2.81. The Hall–Kier alpha value is -2.73. The summed E-state index contributed by atoms with van der Waals surface area (Å²) in [5, 5.41) is 5.74. The molecular formula is C24H22ClN3OS. The number of rotatable bonds is 4. The molecule has 0 saturated heterocycles. The molecule has 6 heteroatoms. The number of anilines is 1. The Bertz CT molecular complexity index is 1170. The number of hydrogen-bond donors (Lipinski definition) is 1. The Morgan fingerprint density at radius 3 is 2.63 bits per heavy atom. The van der Waals surface area contributed by atoms with Crippen molar-refractivity contribution in [3.05, 3.63) is 94.5 Å². The Morgan fingerprint density at radius 2 is 1.77 bits per heavy atom. The van der Waals surface area contributed by atoms with Crippen LogP contribution in [0, 0.1) is 0 Å². The van der Waals surface area contributed by atoms with Crippen LogP contribution in [0.3, 0.4) is 0 Å². The van der Waals surface area contributed by atoms with Gasteiger partial charge in [0.2, 0.25) is 0 Å². The summed E-state index contributed by atoms with van der Waals surface area (Å²) >= 11 is 1.59. The number of thiazole rings is 1. The maximum atomic E-state index is 12.9. The molecule has 152 valence electrons. The summed E-state index contributed by atoms with van der Waals surface area (Å²) in [7, 11) is 0. The highest BCUT2D eigenvalue weighted by Crippen LogP contribution is 2.30. The van der Waals surface area contributed by atoms with Gasteiger partial charge in [-0.25, -0.2) is 4.98 Å². The molecule has 0 radical (unpaired) electrons. The van der Waals surface area contributed by atoms with Crippen LogP contribution in [0.1, 0.15) is 26.5 Å². The van der Waals surface area contributed by atoms with E-state index in [0.717, 1.165) is 42.5 Å². The fraction of sp³-hybridized carbons (Fsp3) is 0.167. The van der Waals surface area contributed by atoms with E-state index in [2.05, 4.69) is 34.5 Å². The molecule has 0 atom stereocenters. The van der Waals surface area contributed by atoms with Crippen LogP contribution in [0.2, 0.25) is 0 Å². The van der Waals surface area contributed by atoms with Crippen LogP contribution in [0.25, 0.3) is 10.8 Å². The van der Waals surface area contributed by atoms with Crippen LogP contribution < -0.4 is 5.32 Å². The second kappa shape index (κ2) is 8.96. The molecule has 0 saturated carbocycles. The molecule has 4 aromatic rings. The third kappa shape index (κ3) is 4.24.